The van der Waals surface area contributed by atoms with Crippen LogP contribution in [0.5, 0.6) is 0 Å². The maximum Gasteiger partial charge on any atom is 0.326 e. The number of ether oxygens (including phenoxy) is 1. The van der Waals surface area contributed by atoms with E-state index in [1.165, 1.54) is 13.0 Å². The lowest BCUT2D eigenvalue weighted by Gasteiger charge is -2.17. The summed E-state index contributed by atoms with van der Waals surface area (Å²) in [7, 11) is 0. The summed E-state index contributed by atoms with van der Waals surface area (Å²) in [6, 6.07) is 8.26. The fourth-order valence-electron chi connectivity index (χ4n) is 3.35. The summed E-state index contributed by atoms with van der Waals surface area (Å²) in [5.74, 6) is -3.00. The molecule has 1 heterocycles. The van der Waals surface area contributed by atoms with Gasteiger partial charge in [0.25, 0.3) is 5.91 Å². The number of nitrogens with one attached hydrogen (secondary N) is 1. The van der Waals surface area contributed by atoms with Crippen molar-refractivity contribution in [3.05, 3.63) is 42.0 Å². The topological polar surface area (TPSA) is 117 Å². The van der Waals surface area contributed by atoms with E-state index in [4.69, 9.17) is 10.00 Å². The van der Waals surface area contributed by atoms with E-state index >= 15 is 0 Å². The molecule has 0 bridgehead atoms. The van der Waals surface area contributed by atoms with Crippen molar-refractivity contribution in [2.24, 2.45) is 11.8 Å². The minimum atomic E-state index is -1.13. The number of fused-ring (bicyclic) bond motifs is 1. The van der Waals surface area contributed by atoms with E-state index in [1.54, 1.807) is 18.2 Å². The van der Waals surface area contributed by atoms with E-state index in [2.05, 4.69) is 5.32 Å². The number of rotatable bonds is 5. The molecule has 144 valence electrons. The van der Waals surface area contributed by atoms with Crippen LogP contribution in [0.15, 0.2) is 36.4 Å². The molecule has 0 saturated carbocycles. The van der Waals surface area contributed by atoms with Crippen molar-refractivity contribution in [3.8, 4) is 6.07 Å². The van der Waals surface area contributed by atoms with E-state index in [0.29, 0.717) is 24.1 Å². The third-order valence-electron chi connectivity index (χ3n) is 4.82. The lowest BCUT2D eigenvalue weighted by atomic mass is 9.85. The van der Waals surface area contributed by atoms with E-state index in [0.717, 1.165) is 4.90 Å². The van der Waals surface area contributed by atoms with Gasteiger partial charge in [0.2, 0.25) is 11.8 Å². The van der Waals surface area contributed by atoms with E-state index in [-0.39, 0.29) is 11.8 Å². The summed E-state index contributed by atoms with van der Waals surface area (Å²) in [4.78, 5) is 50.0. The van der Waals surface area contributed by atoms with Crippen molar-refractivity contribution in [2.45, 2.75) is 25.9 Å². The molecule has 0 aromatic heterocycles. The molecule has 28 heavy (non-hydrogen) atoms. The highest BCUT2D eigenvalue weighted by Crippen LogP contribution is 2.34. The molecule has 3 rings (SSSR count). The predicted octanol–water partition coefficient (Wildman–Crippen LogP) is 1.38. The second-order valence-corrected chi connectivity index (χ2v) is 6.73. The number of carbonyl (C=O) groups is 4. The van der Waals surface area contributed by atoms with Gasteiger partial charge in [0.1, 0.15) is 6.54 Å². The van der Waals surface area contributed by atoms with Crippen LogP contribution >= 0.6 is 0 Å². The van der Waals surface area contributed by atoms with E-state index < -0.39 is 36.4 Å². The van der Waals surface area contributed by atoms with Gasteiger partial charge in [0.05, 0.1) is 23.5 Å². The Morgan fingerprint density at radius 1 is 1.25 bits per heavy atom. The van der Waals surface area contributed by atoms with E-state index in [1.807, 2.05) is 18.2 Å². The summed E-state index contributed by atoms with van der Waals surface area (Å²) in [5, 5.41) is 11.4. The summed E-state index contributed by atoms with van der Waals surface area (Å²) in [6.07, 6.45) is 3.57. The van der Waals surface area contributed by atoms with Gasteiger partial charge >= 0.3 is 5.97 Å². The van der Waals surface area contributed by atoms with Crippen molar-refractivity contribution in [2.75, 3.05) is 11.9 Å². The molecule has 2 aliphatic rings. The van der Waals surface area contributed by atoms with Gasteiger partial charge in [0, 0.05) is 5.69 Å². The molecule has 8 heteroatoms. The molecule has 1 aromatic carbocycles. The Morgan fingerprint density at radius 3 is 2.50 bits per heavy atom. The molecule has 1 saturated heterocycles. The van der Waals surface area contributed by atoms with Gasteiger partial charge in [-0.3, -0.25) is 24.1 Å². The van der Waals surface area contributed by atoms with Gasteiger partial charge in [-0.25, -0.2) is 0 Å². The van der Waals surface area contributed by atoms with Gasteiger partial charge in [-0.2, -0.15) is 5.26 Å². The highest BCUT2D eigenvalue weighted by molar-refractivity contribution is 6.07. The number of esters is 1. The highest BCUT2D eigenvalue weighted by atomic mass is 16.5. The minimum Gasteiger partial charge on any atom is -0.451 e. The second-order valence-electron chi connectivity index (χ2n) is 6.73. The number of allylic oxidation sites excluding steroid dienone is 2. The number of anilines is 1. The number of carbonyl (C=O) groups excluding carboxylic acids is 4. The first-order chi connectivity index (χ1) is 13.4. The summed E-state index contributed by atoms with van der Waals surface area (Å²) < 4.78 is 5.08. The van der Waals surface area contributed by atoms with Crippen LogP contribution in [-0.4, -0.2) is 41.2 Å². The van der Waals surface area contributed by atoms with Crippen molar-refractivity contribution >= 4 is 29.4 Å². The number of imide groups is 1. The number of nitrogens with zero attached hydrogens (tertiary/aromatic N) is 2. The molecule has 3 atom stereocenters. The van der Waals surface area contributed by atoms with Crippen LogP contribution in [0.3, 0.4) is 0 Å². The summed E-state index contributed by atoms with van der Waals surface area (Å²) >= 11 is 0. The zero-order valence-corrected chi connectivity index (χ0v) is 15.3. The van der Waals surface area contributed by atoms with Crippen molar-refractivity contribution in [1.82, 2.24) is 4.90 Å². The molecule has 1 aromatic rings. The van der Waals surface area contributed by atoms with Crippen LogP contribution in [0.2, 0.25) is 0 Å². The highest BCUT2D eigenvalue weighted by Gasteiger charge is 2.47. The number of hydrogen-bond donors (Lipinski definition) is 1. The average Bonchev–Trinajstić information content (AvgIpc) is 2.93. The van der Waals surface area contributed by atoms with Crippen molar-refractivity contribution in [1.29, 1.82) is 5.26 Å². The Morgan fingerprint density at radius 2 is 1.89 bits per heavy atom. The average molecular weight is 381 g/mol. The Labute approximate surface area is 161 Å². The maximum absolute atomic E-state index is 12.4. The lowest BCUT2D eigenvalue weighted by molar-refractivity contribution is -0.158. The third-order valence-corrected chi connectivity index (χ3v) is 4.82. The Kier molecular flexibility index (Phi) is 5.54. The first kappa shape index (κ1) is 19.3. The summed E-state index contributed by atoms with van der Waals surface area (Å²) in [6.45, 7) is 0.880. The van der Waals surface area contributed by atoms with Crippen molar-refractivity contribution in [3.63, 3.8) is 0 Å². The molecule has 1 fully saturated rings. The zero-order chi connectivity index (χ0) is 20.3. The monoisotopic (exact) mass is 381 g/mol. The lowest BCUT2D eigenvalue weighted by Crippen LogP contribution is -2.39. The standard InChI is InChI=1S/C20H19N3O5/c1-12(18(25)22-14-6-4-5-13(9-14)10-21)28-17(24)11-23-19(26)15-7-2-3-8-16(15)20(23)27/h2-6,9,12,15-16H,7-8,11H2,1H3,(H,22,25)/t12-,15-,16-/m0/s1. The Balaban J connectivity index is 1.55. The number of likely N-dealkylation sites (tertiary alicyclic amines) is 1. The van der Waals surface area contributed by atoms with Crippen LogP contribution in [0.25, 0.3) is 0 Å². The first-order valence-electron chi connectivity index (χ1n) is 8.91. The fourth-order valence-corrected chi connectivity index (χ4v) is 3.35. The minimum absolute atomic E-state index is 0.373. The Hall–Kier alpha value is -3.47. The number of hydrogen-bond acceptors (Lipinski definition) is 6. The van der Waals surface area contributed by atoms with E-state index in [9.17, 15) is 19.2 Å². The molecular formula is C20H19N3O5. The third kappa shape index (κ3) is 3.93. The SMILES string of the molecule is C[C@H](OC(=O)CN1C(=O)[C@H]2CC=CC[C@@H]2C1=O)C(=O)Nc1cccc(C#N)c1. The molecule has 0 spiro atoms. The van der Waals surface area contributed by atoms with Gasteiger partial charge in [-0.15, -0.1) is 0 Å². The number of nitriles is 1. The van der Waals surface area contributed by atoms with Gasteiger partial charge < -0.3 is 10.1 Å². The van der Waals surface area contributed by atoms with Crippen LogP contribution in [0, 0.1) is 23.2 Å². The van der Waals surface area contributed by atoms with Crippen LogP contribution in [-0.2, 0) is 23.9 Å². The molecule has 0 radical (unpaired) electrons. The molecule has 1 aliphatic carbocycles. The normalized spacial score (nSPS) is 21.6. The van der Waals surface area contributed by atoms with Gasteiger partial charge in [0.15, 0.2) is 6.10 Å². The van der Waals surface area contributed by atoms with Crippen LogP contribution in [0.4, 0.5) is 5.69 Å². The van der Waals surface area contributed by atoms with Gasteiger partial charge in [-0.05, 0) is 38.0 Å². The Bertz CT molecular complexity index is 875. The summed E-state index contributed by atoms with van der Waals surface area (Å²) in [5.41, 5.74) is 0.776. The maximum atomic E-state index is 12.4. The molecule has 0 unspecified atom stereocenters. The molecule has 1 aliphatic heterocycles. The fraction of sp³-hybridized carbons (Fsp3) is 0.350. The molecular weight excluding hydrogens is 362 g/mol. The van der Waals surface area contributed by atoms with Crippen LogP contribution in [0.1, 0.15) is 25.3 Å². The first-order valence-corrected chi connectivity index (χ1v) is 8.91. The molecule has 1 N–H and O–H groups in total. The molecule has 8 nitrogen and oxygen atoms in total. The number of benzene rings is 1. The zero-order valence-electron chi connectivity index (χ0n) is 15.3. The van der Waals surface area contributed by atoms with Crippen LogP contribution < -0.4 is 5.32 Å². The largest absolute Gasteiger partial charge is 0.451 e. The van der Waals surface area contributed by atoms with Crippen molar-refractivity contribution < 1.29 is 23.9 Å². The smallest absolute Gasteiger partial charge is 0.326 e. The molecule has 3 amide bonds. The predicted molar refractivity (Wildman–Crippen MR) is 97.4 cm³/mol. The quantitative estimate of drug-likeness (QED) is 0.468. The number of amides is 3. The second kappa shape index (κ2) is 8.05. The van der Waals surface area contributed by atoms with Gasteiger partial charge in [-0.1, -0.05) is 18.2 Å².